The predicted octanol–water partition coefficient (Wildman–Crippen LogP) is 1.63. The monoisotopic (exact) mass is 283 g/mol. The molecule has 2 N–H and O–H groups in total. The van der Waals surface area contributed by atoms with Crippen LogP contribution in [0.4, 0.5) is 0 Å². The van der Waals surface area contributed by atoms with Crippen LogP contribution < -0.4 is 5.73 Å². The summed E-state index contributed by atoms with van der Waals surface area (Å²) in [5.74, 6) is 0.000693. The summed E-state index contributed by atoms with van der Waals surface area (Å²) in [5, 5.41) is 2.60. The summed E-state index contributed by atoms with van der Waals surface area (Å²) in [6.07, 6.45) is 3.21. The third-order valence-electron chi connectivity index (χ3n) is 3.17. The molecule has 1 atom stereocenters. The largest absolute Gasteiger partial charge is 0.376 e. The molecule has 19 heavy (non-hydrogen) atoms. The zero-order valence-corrected chi connectivity index (χ0v) is 12.1. The molecule has 1 fully saturated rings. The maximum atomic E-state index is 12.3. The first kappa shape index (κ1) is 14.4. The van der Waals surface area contributed by atoms with E-state index in [-0.39, 0.29) is 12.0 Å². The average Bonchev–Trinajstić information content (AvgIpc) is 2.93. The first-order valence-corrected chi connectivity index (χ1v) is 7.68. The van der Waals surface area contributed by atoms with Gasteiger partial charge in [0.15, 0.2) is 0 Å². The van der Waals surface area contributed by atoms with Crippen LogP contribution in [0.15, 0.2) is 5.38 Å². The topological polar surface area (TPSA) is 68.5 Å². The number of carbonyl (C=O) groups excluding carboxylic acids is 1. The molecule has 1 aromatic heterocycles. The Balaban J connectivity index is 1.94. The third kappa shape index (κ3) is 3.75. The van der Waals surface area contributed by atoms with Crippen molar-refractivity contribution in [3.05, 3.63) is 16.1 Å². The van der Waals surface area contributed by atoms with E-state index >= 15 is 0 Å². The van der Waals surface area contributed by atoms with E-state index in [1.165, 1.54) is 11.3 Å². The van der Waals surface area contributed by atoms with Gasteiger partial charge in [0.1, 0.15) is 10.7 Å². The Morgan fingerprint density at radius 2 is 2.53 bits per heavy atom. The summed E-state index contributed by atoms with van der Waals surface area (Å²) in [6, 6.07) is 0. The lowest BCUT2D eigenvalue weighted by molar-refractivity contribution is 0.00194. The minimum absolute atomic E-state index is 0.000693. The molecule has 1 amide bonds. The first-order chi connectivity index (χ1) is 9.24. The van der Waals surface area contributed by atoms with Crippen molar-refractivity contribution in [1.29, 1.82) is 0 Å². The second-order valence-electron chi connectivity index (χ2n) is 4.72. The Bertz CT molecular complexity index is 422. The molecule has 1 saturated heterocycles. The van der Waals surface area contributed by atoms with Crippen LogP contribution in [0.5, 0.6) is 0 Å². The molecule has 1 aromatic rings. The number of hydrogen-bond donors (Lipinski definition) is 1. The maximum Gasteiger partial charge on any atom is 0.273 e. The molecule has 0 radical (unpaired) electrons. The quantitative estimate of drug-likeness (QED) is 0.892. The van der Waals surface area contributed by atoms with Crippen molar-refractivity contribution in [2.45, 2.75) is 38.8 Å². The van der Waals surface area contributed by atoms with Crippen molar-refractivity contribution in [1.82, 2.24) is 9.88 Å². The second-order valence-corrected chi connectivity index (χ2v) is 5.66. The van der Waals surface area contributed by atoms with E-state index in [0.717, 1.165) is 37.4 Å². The number of likely N-dealkylation sites (tertiary alicyclic amines) is 1. The molecule has 0 aliphatic carbocycles. The summed E-state index contributed by atoms with van der Waals surface area (Å²) in [6.45, 7) is 4.71. The number of thiazole rings is 1. The molecule has 0 saturated carbocycles. The van der Waals surface area contributed by atoms with Gasteiger partial charge in [-0.05, 0) is 19.3 Å². The van der Waals surface area contributed by atoms with Crippen LogP contribution in [0.1, 0.15) is 41.7 Å². The number of nitrogens with zero attached hydrogens (tertiary/aromatic N) is 2. The highest BCUT2D eigenvalue weighted by atomic mass is 32.1. The van der Waals surface area contributed by atoms with Gasteiger partial charge < -0.3 is 15.4 Å². The van der Waals surface area contributed by atoms with Crippen LogP contribution >= 0.6 is 11.3 Å². The lowest BCUT2D eigenvalue weighted by Gasteiger charge is -2.32. The zero-order chi connectivity index (χ0) is 13.7. The number of nitrogens with two attached hydrogens (primary N) is 1. The fourth-order valence-electron chi connectivity index (χ4n) is 2.21. The Morgan fingerprint density at radius 3 is 3.21 bits per heavy atom. The van der Waals surface area contributed by atoms with E-state index in [1.807, 2.05) is 4.90 Å². The fourth-order valence-corrected chi connectivity index (χ4v) is 2.86. The molecular formula is C13H21N3O2S. The van der Waals surface area contributed by atoms with Gasteiger partial charge in [0.25, 0.3) is 5.91 Å². The SMILES string of the molecule is CCCOC1CCCN(C(=O)c2csc(CN)n2)C1. The lowest BCUT2D eigenvalue weighted by atomic mass is 10.1. The molecule has 6 heteroatoms. The number of rotatable bonds is 5. The Morgan fingerprint density at radius 1 is 1.68 bits per heavy atom. The number of hydrogen-bond acceptors (Lipinski definition) is 5. The molecule has 5 nitrogen and oxygen atoms in total. The maximum absolute atomic E-state index is 12.3. The second kappa shape index (κ2) is 6.98. The van der Waals surface area contributed by atoms with E-state index in [4.69, 9.17) is 10.5 Å². The highest BCUT2D eigenvalue weighted by molar-refractivity contribution is 7.09. The van der Waals surface area contributed by atoms with Gasteiger partial charge in [-0.15, -0.1) is 11.3 Å². The van der Waals surface area contributed by atoms with Crippen molar-refractivity contribution < 1.29 is 9.53 Å². The molecule has 106 valence electrons. The summed E-state index contributed by atoms with van der Waals surface area (Å²) in [5.41, 5.74) is 6.04. The van der Waals surface area contributed by atoms with E-state index in [9.17, 15) is 4.79 Å². The van der Waals surface area contributed by atoms with Gasteiger partial charge in [-0.3, -0.25) is 4.79 Å². The fraction of sp³-hybridized carbons (Fsp3) is 0.692. The number of aromatic nitrogens is 1. The molecule has 1 aliphatic heterocycles. The van der Waals surface area contributed by atoms with Gasteiger partial charge in [-0.25, -0.2) is 4.98 Å². The van der Waals surface area contributed by atoms with Gasteiger partial charge in [-0.1, -0.05) is 6.92 Å². The highest BCUT2D eigenvalue weighted by Gasteiger charge is 2.26. The Labute approximate surface area is 117 Å². The molecule has 1 unspecified atom stereocenters. The molecule has 2 heterocycles. The molecular weight excluding hydrogens is 262 g/mol. The molecule has 2 rings (SSSR count). The number of amides is 1. The van der Waals surface area contributed by atoms with Crippen molar-refractivity contribution in [3.8, 4) is 0 Å². The summed E-state index contributed by atoms with van der Waals surface area (Å²) in [4.78, 5) is 18.4. The molecule has 0 aromatic carbocycles. The van der Waals surface area contributed by atoms with Crippen molar-refractivity contribution in [2.75, 3.05) is 19.7 Å². The summed E-state index contributed by atoms with van der Waals surface area (Å²) >= 11 is 1.44. The molecule has 0 bridgehead atoms. The zero-order valence-electron chi connectivity index (χ0n) is 11.3. The smallest absolute Gasteiger partial charge is 0.273 e. The van der Waals surface area contributed by atoms with Crippen molar-refractivity contribution >= 4 is 17.2 Å². The van der Waals surface area contributed by atoms with Crippen LogP contribution in [0.25, 0.3) is 0 Å². The van der Waals surface area contributed by atoms with Gasteiger partial charge in [0, 0.05) is 31.6 Å². The van der Waals surface area contributed by atoms with Crippen molar-refractivity contribution in [2.24, 2.45) is 5.73 Å². The van der Waals surface area contributed by atoms with E-state index in [0.29, 0.717) is 18.8 Å². The van der Waals surface area contributed by atoms with Crippen LogP contribution in [0.3, 0.4) is 0 Å². The first-order valence-electron chi connectivity index (χ1n) is 6.80. The normalized spacial score (nSPS) is 19.7. The van der Waals surface area contributed by atoms with Crippen LogP contribution in [0.2, 0.25) is 0 Å². The van der Waals surface area contributed by atoms with Crippen LogP contribution in [-0.2, 0) is 11.3 Å². The predicted molar refractivity (Wildman–Crippen MR) is 75.2 cm³/mol. The minimum Gasteiger partial charge on any atom is -0.376 e. The average molecular weight is 283 g/mol. The van der Waals surface area contributed by atoms with Crippen LogP contribution in [-0.4, -0.2) is 41.6 Å². The van der Waals surface area contributed by atoms with Gasteiger partial charge in [0.2, 0.25) is 0 Å². The Kier molecular flexibility index (Phi) is 5.30. The number of piperidine rings is 1. The molecule has 0 spiro atoms. The highest BCUT2D eigenvalue weighted by Crippen LogP contribution is 2.17. The minimum atomic E-state index is 0.000693. The summed E-state index contributed by atoms with van der Waals surface area (Å²) < 4.78 is 5.74. The van der Waals surface area contributed by atoms with Crippen LogP contribution in [0, 0.1) is 0 Å². The van der Waals surface area contributed by atoms with E-state index in [1.54, 1.807) is 5.38 Å². The number of carbonyl (C=O) groups is 1. The summed E-state index contributed by atoms with van der Waals surface area (Å²) in [7, 11) is 0. The number of ether oxygens (including phenoxy) is 1. The van der Waals surface area contributed by atoms with Gasteiger partial charge in [0.05, 0.1) is 6.10 Å². The van der Waals surface area contributed by atoms with Gasteiger partial charge >= 0.3 is 0 Å². The van der Waals surface area contributed by atoms with E-state index < -0.39 is 0 Å². The van der Waals surface area contributed by atoms with E-state index in [2.05, 4.69) is 11.9 Å². The standard InChI is InChI=1S/C13H21N3O2S/c1-2-6-18-10-4-3-5-16(8-10)13(17)11-9-19-12(7-14)15-11/h9-10H,2-8,14H2,1H3. The van der Waals surface area contributed by atoms with Crippen molar-refractivity contribution in [3.63, 3.8) is 0 Å². The Hall–Kier alpha value is -0.980. The van der Waals surface area contributed by atoms with Gasteiger partial charge in [-0.2, -0.15) is 0 Å². The lowest BCUT2D eigenvalue weighted by Crippen LogP contribution is -2.43. The molecule has 1 aliphatic rings. The third-order valence-corrected chi connectivity index (χ3v) is 4.04.